The van der Waals surface area contributed by atoms with Gasteiger partial charge in [0.05, 0.1) is 30.6 Å². The van der Waals surface area contributed by atoms with Crippen LogP contribution in [0.1, 0.15) is 16.1 Å². The first kappa shape index (κ1) is 17.0. The lowest BCUT2D eigenvalue weighted by Gasteiger charge is -2.07. The average Bonchev–Trinajstić information content (AvgIpc) is 2.66. The van der Waals surface area contributed by atoms with Crippen LogP contribution in [0, 0.1) is 0 Å². The first-order valence-corrected chi connectivity index (χ1v) is 8.29. The van der Waals surface area contributed by atoms with E-state index >= 15 is 0 Å². The third kappa shape index (κ3) is 4.39. The molecular formula is C18H15BrN4O2. The lowest BCUT2D eigenvalue weighted by molar-refractivity contribution is 0.0950. The Kier molecular flexibility index (Phi) is 5.35. The van der Waals surface area contributed by atoms with E-state index in [9.17, 15) is 4.79 Å². The molecule has 1 N–H and O–H groups in total. The first-order chi connectivity index (χ1) is 12.2. The van der Waals surface area contributed by atoms with Gasteiger partial charge in [-0.05, 0) is 52.3 Å². The number of hydrogen-bond donors (Lipinski definition) is 1. The van der Waals surface area contributed by atoms with Crippen LogP contribution in [-0.4, -0.2) is 28.0 Å². The van der Waals surface area contributed by atoms with Gasteiger partial charge in [0.2, 0.25) is 0 Å². The summed E-state index contributed by atoms with van der Waals surface area (Å²) in [4.78, 5) is 24.6. The van der Waals surface area contributed by atoms with Crippen molar-refractivity contribution in [3.05, 3.63) is 70.8 Å². The van der Waals surface area contributed by atoms with E-state index in [4.69, 9.17) is 4.74 Å². The second kappa shape index (κ2) is 7.85. The maximum Gasteiger partial charge on any atom is 0.253 e. The van der Waals surface area contributed by atoms with E-state index in [0.717, 1.165) is 27.2 Å². The number of aromatic nitrogens is 3. The molecule has 0 aliphatic carbocycles. The Bertz CT molecular complexity index is 884. The fourth-order valence-corrected chi connectivity index (χ4v) is 2.59. The highest BCUT2D eigenvalue weighted by atomic mass is 79.9. The molecule has 1 aromatic carbocycles. The highest BCUT2D eigenvalue weighted by Crippen LogP contribution is 2.20. The van der Waals surface area contributed by atoms with Crippen molar-refractivity contribution < 1.29 is 9.53 Å². The highest BCUT2D eigenvalue weighted by molar-refractivity contribution is 9.10. The number of halogens is 1. The van der Waals surface area contributed by atoms with E-state index in [0.29, 0.717) is 12.1 Å². The van der Waals surface area contributed by atoms with Gasteiger partial charge in [-0.3, -0.25) is 9.78 Å². The van der Waals surface area contributed by atoms with E-state index in [1.165, 1.54) is 12.5 Å². The van der Waals surface area contributed by atoms with E-state index in [2.05, 4.69) is 36.2 Å². The molecule has 2 heterocycles. The Morgan fingerprint density at radius 3 is 2.68 bits per heavy atom. The third-order valence-corrected chi connectivity index (χ3v) is 3.94. The van der Waals surface area contributed by atoms with Crippen LogP contribution in [0.2, 0.25) is 0 Å². The zero-order valence-electron chi connectivity index (χ0n) is 13.4. The fraction of sp³-hybridized carbons (Fsp3) is 0.111. The molecule has 0 aliphatic heterocycles. The minimum absolute atomic E-state index is 0.210. The number of methoxy groups -OCH3 is 1. The molecule has 3 rings (SSSR count). The molecule has 0 saturated heterocycles. The molecule has 6 nitrogen and oxygen atoms in total. The number of nitrogens with one attached hydrogen (secondary N) is 1. The van der Waals surface area contributed by atoms with Gasteiger partial charge in [-0.1, -0.05) is 0 Å². The number of hydrogen-bond acceptors (Lipinski definition) is 5. The molecular weight excluding hydrogens is 384 g/mol. The average molecular weight is 399 g/mol. The molecule has 0 radical (unpaired) electrons. The van der Waals surface area contributed by atoms with Crippen LogP contribution in [0.4, 0.5) is 0 Å². The van der Waals surface area contributed by atoms with Crippen molar-refractivity contribution in [2.24, 2.45) is 0 Å². The molecule has 1 amide bonds. The van der Waals surface area contributed by atoms with Crippen LogP contribution in [0.3, 0.4) is 0 Å². The molecule has 126 valence electrons. The molecule has 0 unspecified atom stereocenters. The van der Waals surface area contributed by atoms with Crippen LogP contribution in [0.15, 0.2) is 59.6 Å². The van der Waals surface area contributed by atoms with Gasteiger partial charge in [0, 0.05) is 22.4 Å². The molecule has 0 fully saturated rings. The summed E-state index contributed by atoms with van der Waals surface area (Å²) in [5, 5.41) is 2.83. The van der Waals surface area contributed by atoms with Crippen molar-refractivity contribution in [1.29, 1.82) is 0 Å². The Labute approximate surface area is 153 Å². The Morgan fingerprint density at radius 1 is 1.16 bits per heavy atom. The summed E-state index contributed by atoms with van der Waals surface area (Å²) in [6, 6.07) is 11.2. The maximum absolute atomic E-state index is 12.2. The summed E-state index contributed by atoms with van der Waals surface area (Å²) in [6.07, 6.45) is 4.63. The van der Waals surface area contributed by atoms with Crippen LogP contribution >= 0.6 is 15.9 Å². The Balaban J connectivity index is 1.70. The van der Waals surface area contributed by atoms with Gasteiger partial charge in [0.1, 0.15) is 12.1 Å². The van der Waals surface area contributed by atoms with Gasteiger partial charge in [-0.25, -0.2) is 9.97 Å². The number of rotatable bonds is 5. The van der Waals surface area contributed by atoms with Crippen molar-refractivity contribution in [2.45, 2.75) is 6.54 Å². The van der Waals surface area contributed by atoms with E-state index in [-0.39, 0.29) is 5.91 Å². The molecule has 0 atom stereocenters. The Hall–Kier alpha value is -2.80. The van der Waals surface area contributed by atoms with Gasteiger partial charge in [-0.15, -0.1) is 0 Å². The number of ether oxygens (including phenoxy) is 1. The summed E-state index contributed by atoms with van der Waals surface area (Å²) in [7, 11) is 1.63. The predicted octanol–water partition coefficient (Wildman–Crippen LogP) is 3.24. The zero-order chi connectivity index (χ0) is 17.6. The summed E-state index contributed by atoms with van der Waals surface area (Å²) in [6.45, 7) is 0.303. The minimum atomic E-state index is -0.210. The standard InChI is InChI=1S/C18H15BrN4O2/c1-25-16-4-2-12(3-5-16)17-7-15(22-11-23-17)10-21-18(24)13-6-14(19)9-20-8-13/h2-9,11H,10H2,1H3,(H,21,24). The highest BCUT2D eigenvalue weighted by Gasteiger charge is 2.08. The molecule has 0 spiro atoms. The zero-order valence-corrected chi connectivity index (χ0v) is 15.0. The van der Waals surface area contributed by atoms with Gasteiger partial charge < -0.3 is 10.1 Å². The minimum Gasteiger partial charge on any atom is -0.497 e. The quantitative estimate of drug-likeness (QED) is 0.713. The van der Waals surface area contributed by atoms with Crippen LogP contribution < -0.4 is 10.1 Å². The molecule has 3 aromatic rings. The van der Waals surface area contributed by atoms with Gasteiger partial charge in [-0.2, -0.15) is 0 Å². The topological polar surface area (TPSA) is 77.0 Å². The number of carbonyl (C=O) groups excluding carboxylic acids is 1. The van der Waals surface area contributed by atoms with Crippen molar-refractivity contribution in [2.75, 3.05) is 7.11 Å². The first-order valence-electron chi connectivity index (χ1n) is 7.50. The largest absolute Gasteiger partial charge is 0.497 e. The Morgan fingerprint density at radius 2 is 1.96 bits per heavy atom. The number of amides is 1. The molecule has 0 bridgehead atoms. The monoisotopic (exact) mass is 398 g/mol. The van der Waals surface area contributed by atoms with Crippen LogP contribution in [0.5, 0.6) is 5.75 Å². The molecule has 7 heteroatoms. The van der Waals surface area contributed by atoms with Crippen LogP contribution in [0.25, 0.3) is 11.3 Å². The number of benzene rings is 1. The van der Waals surface area contributed by atoms with Crippen molar-refractivity contribution in [3.8, 4) is 17.0 Å². The number of carbonyl (C=O) groups is 1. The van der Waals surface area contributed by atoms with Crippen molar-refractivity contribution in [1.82, 2.24) is 20.3 Å². The van der Waals surface area contributed by atoms with Gasteiger partial charge in [0.15, 0.2) is 0 Å². The second-order valence-corrected chi connectivity index (χ2v) is 6.11. The lowest BCUT2D eigenvalue weighted by Crippen LogP contribution is -2.23. The van der Waals surface area contributed by atoms with Gasteiger partial charge in [0.25, 0.3) is 5.91 Å². The smallest absolute Gasteiger partial charge is 0.253 e. The van der Waals surface area contributed by atoms with Crippen LogP contribution in [-0.2, 0) is 6.54 Å². The number of nitrogens with zero attached hydrogens (tertiary/aromatic N) is 3. The van der Waals surface area contributed by atoms with Crippen molar-refractivity contribution >= 4 is 21.8 Å². The van der Waals surface area contributed by atoms with E-state index in [1.54, 1.807) is 19.4 Å². The third-order valence-electron chi connectivity index (χ3n) is 3.51. The lowest BCUT2D eigenvalue weighted by atomic mass is 10.1. The molecule has 0 saturated carbocycles. The van der Waals surface area contributed by atoms with E-state index < -0.39 is 0 Å². The van der Waals surface area contributed by atoms with E-state index in [1.807, 2.05) is 30.3 Å². The SMILES string of the molecule is COc1ccc(-c2cc(CNC(=O)c3cncc(Br)c3)ncn2)cc1. The summed E-state index contributed by atoms with van der Waals surface area (Å²) in [5.41, 5.74) is 2.94. The second-order valence-electron chi connectivity index (χ2n) is 5.20. The fourth-order valence-electron chi connectivity index (χ4n) is 2.22. The molecule has 25 heavy (non-hydrogen) atoms. The van der Waals surface area contributed by atoms with Gasteiger partial charge >= 0.3 is 0 Å². The summed E-state index contributed by atoms with van der Waals surface area (Å²) in [5.74, 6) is 0.575. The predicted molar refractivity (Wildman–Crippen MR) is 97.1 cm³/mol. The molecule has 0 aliphatic rings. The normalized spacial score (nSPS) is 10.3. The maximum atomic E-state index is 12.2. The van der Waals surface area contributed by atoms with Crippen molar-refractivity contribution in [3.63, 3.8) is 0 Å². The number of pyridine rings is 1. The summed E-state index contributed by atoms with van der Waals surface area (Å²) >= 11 is 3.30. The summed E-state index contributed by atoms with van der Waals surface area (Å²) < 4.78 is 5.91. The molecule has 2 aromatic heterocycles.